The minimum absolute atomic E-state index is 0.0128. The van der Waals surface area contributed by atoms with Gasteiger partial charge in [0.05, 0.1) is 0 Å². The predicted octanol–water partition coefficient (Wildman–Crippen LogP) is 2.99. The molecule has 2 saturated heterocycles. The van der Waals surface area contributed by atoms with Gasteiger partial charge in [0.15, 0.2) is 5.82 Å². The van der Waals surface area contributed by atoms with Crippen LogP contribution in [0.15, 0.2) is 30.5 Å². The van der Waals surface area contributed by atoms with Crippen molar-refractivity contribution in [3.8, 4) is 0 Å². The van der Waals surface area contributed by atoms with Gasteiger partial charge in [0.1, 0.15) is 5.82 Å². The number of hydrogen-bond donors (Lipinski definition) is 1. The topological polar surface area (TPSA) is 52.2 Å². The van der Waals surface area contributed by atoms with Crippen LogP contribution in [0.1, 0.15) is 41.1 Å². The van der Waals surface area contributed by atoms with Gasteiger partial charge in [-0.1, -0.05) is 18.2 Å². The van der Waals surface area contributed by atoms with E-state index in [2.05, 4.69) is 14.9 Å². The summed E-state index contributed by atoms with van der Waals surface area (Å²) in [7, 11) is 0. The number of hydrogen-bond acceptors (Lipinski definition) is 3. The molecule has 1 spiro atoms. The first-order valence-electron chi connectivity index (χ1n) is 9.31. The van der Waals surface area contributed by atoms with Crippen LogP contribution < -0.4 is 0 Å². The molecule has 1 aromatic carbocycles. The van der Waals surface area contributed by atoms with Crippen molar-refractivity contribution in [2.75, 3.05) is 26.2 Å². The number of benzene rings is 1. The third kappa shape index (κ3) is 3.38. The van der Waals surface area contributed by atoms with Gasteiger partial charge in [-0.2, -0.15) is 0 Å². The Morgan fingerprint density at radius 3 is 2.88 bits per heavy atom. The lowest BCUT2D eigenvalue weighted by Crippen LogP contribution is -2.45. The van der Waals surface area contributed by atoms with Gasteiger partial charge in [-0.15, -0.1) is 0 Å². The van der Waals surface area contributed by atoms with E-state index in [1.807, 2.05) is 24.0 Å². The highest BCUT2D eigenvalue weighted by molar-refractivity contribution is 5.90. The number of H-pyrrole nitrogens is 1. The number of nitrogens with one attached hydrogen (secondary N) is 1. The fourth-order valence-corrected chi connectivity index (χ4v) is 4.43. The van der Waals surface area contributed by atoms with Gasteiger partial charge >= 0.3 is 0 Å². The highest BCUT2D eigenvalue weighted by Gasteiger charge is 2.43. The molecule has 2 fully saturated rings. The van der Waals surface area contributed by atoms with E-state index in [1.54, 1.807) is 12.3 Å². The molecule has 4 rings (SSSR count). The SMILES string of the molecule is Cc1cnc(C(=O)N2CCC3(CCCN(Cc4ccccc4F)C3)C2)[nH]1. The maximum absolute atomic E-state index is 14.0. The number of amides is 1. The van der Waals surface area contributed by atoms with E-state index >= 15 is 0 Å². The maximum atomic E-state index is 14.0. The summed E-state index contributed by atoms with van der Waals surface area (Å²) in [6, 6.07) is 7.00. The number of carbonyl (C=O) groups excluding carboxylic acids is 1. The van der Waals surface area contributed by atoms with Crippen molar-refractivity contribution in [2.45, 2.75) is 32.7 Å². The fourth-order valence-electron chi connectivity index (χ4n) is 4.43. The summed E-state index contributed by atoms with van der Waals surface area (Å²) in [5.74, 6) is 0.281. The predicted molar refractivity (Wildman–Crippen MR) is 97.2 cm³/mol. The van der Waals surface area contributed by atoms with Crippen molar-refractivity contribution in [3.05, 3.63) is 53.4 Å². The second-order valence-corrected chi connectivity index (χ2v) is 7.80. The summed E-state index contributed by atoms with van der Waals surface area (Å²) in [5.41, 5.74) is 1.78. The monoisotopic (exact) mass is 356 g/mol. The molecule has 5 nitrogen and oxygen atoms in total. The van der Waals surface area contributed by atoms with Gasteiger partial charge in [-0.3, -0.25) is 9.69 Å². The summed E-state index contributed by atoms with van der Waals surface area (Å²) in [4.78, 5) is 24.1. The molecular weight excluding hydrogens is 331 g/mol. The number of rotatable bonds is 3. The molecule has 3 heterocycles. The quantitative estimate of drug-likeness (QED) is 0.920. The molecule has 1 unspecified atom stereocenters. The minimum atomic E-state index is -0.136. The molecule has 1 atom stereocenters. The van der Waals surface area contributed by atoms with Gasteiger partial charge in [0, 0.05) is 49.0 Å². The molecule has 1 amide bonds. The van der Waals surface area contributed by atoms with Crippen molar-refractivity contribution in [3.63, 3.8) is 0 Å². The Morgan fingerprint density at radius 1 is 1.27 bits per heavy atom. The lowest BCUT2D eigenvalue weighted by Gasteiger charge is -2.40. The van der Waals surface area contributed by atoms with Crippen LogP contribution in [-0.4, -0.2) is 51.9 Å². The number of nitrogens with zero attached hydrogens (tertiary/aromatic N) is 3. The average Bonchev–Trinajstić information content (AvgIpc) is 3.23. The third-order valence-corrected chi connectivity index (χ3v) is 5.72. The maximum Gasteiger partial charge on any atom is 0.289 e. The van der Waals surface area contributed by atoms with E-state index < -0.39 is 0 Å². The Kier molecular flexibility index (Phi) is 4.53. The summed E-state index contributed by atoms with van der Waals surface area (Å²) in [6.45, 7) is 5.98. The van der Waals surface area contributed by atoms with E-state index in [1.165, 1.54) is 6.07 Å². The number of aromatic nitrogens is 2. The second-order valence-electron chi connectivity index (χ2n) is 7.80. The largest absolute Gasteiger partial charge is 0.338 e. The van der Waals surface area contributed by atoms with E-state index in [-0.39, 0.29) is 17.1 Å². The molecule has 1 aromatic heterocycles. The van der Waals surface area contributed by atoms with Gasteiger partial charge in [0.2, 0.25) is 0 Å². The molecule has 0 aliphatic carbocycles. The van der Waals surface area contributed by atoms with Crippen LogP contribution in [0, 0.1) is 18.2 Å². The Morgan fingerprint density at radius 2 is 2.12 bits per heavy atom. The van der Waals surface area contributed by atoms with Crippen LogP contribution in [0.2, 0.25) is 0 Å². The number of imidazole rings is 1. The van der Waals surface area contributed by atoms with E-state index in [0.29, 0.717) is 12.4 Å². The molecular formula is C20H25FN4O. The van der Waals surface area contributed by atoms with Gasteiger partial charge in [-0.25, -0.2) is 9.37 Å². The molecule has 26 heavy (non-hydrogen) atoms. The van der Waals surface area contributed by atoms with Crippen LogP contribution in [0.25, 0.3) is 0 Å². The van der Waals surface area contributed by atoms with Crippen LogP contribution >= 0.6 is 0 Å². The molecule has 2 aliphatic heterocycles. The summed E-state index contributed by atoms with van der Waals surface area (Å²) < 4.78 is 14.0. The first kappa shape index (κ1) is 17.2. The number of piperidine rings is 1. The standard InChI is InChI=1S/C20H25FN4O/c1-15-11-22-18(23-15)19(26)25-10-8-20(14-25)7-4-9-24(13-20)12-16-5-2-3-6-17(16)21/h2-3,5-6,11H,4,7-10,12-14H2,1H3,(H,22,23). The van der Waals surface area contributed by atoms with Crippen LogP contribution in [0.5, 0.6) is 0 Å². The van der Waals surface area contributed by atoms with E-state index in [0.717, 1.165) is 56.7 Å². The van der Waals surface area contributed by atoms with Crippen molar-refractivity contribution >= 4 is 5.91 Å². The Bertz CT molecular complexity index is 805. The van der Waals surface area contributed by atoms with Crippen LogP contribution in [0.3, 0.4) is 0 Å². The number of halogens is 1. The number of carbonyl (C=O) groups is 1. The molecule has 138 valence electrons. The summed E-state index contributed by atoms with van der Waals surface area (Å²) in [6.07, 6.45) is 4.92. The van der Waals surface area contributed by atoms with Crippen LogP contribution in [0.4, 0.5) is 4.39 Å². The second kappa shape index (κ2) is 6.83. The van der Waals surface area contributed by atoms with Gasteiger partial charge < -0.3 is 9.88 Å². The highest BCUT2D eigenvalue weighted by Crippen LogP contribution is 2.39. The van der Waals surface area contributed by atoms with Crippen molar-refractivity contribution in [2.24, 2.45) is 5.41 Å². The summed E-state index contributed by atoms with van der Waals surface area (Å²) in [5, 5.41) is 0. The molecule has 2 aromatic rings. The fraction of sp³-hybridized carbons (Fsp3) is 0.500. The molecule has 1 N–H and O–H groups in total. The zero-order chi connectivity index (χ0) is 18.1. The number of aromatic amines is 1. The number of aryl methyl sites for hydroxylation is 1. The molecule has 6 heteroatoms. The van der Waals surface area contributed by atoms with Crippen molar-refractivity contribution < 1.29 is 9.18 Å². The first-order chi connectivity index (χ1) is 12.5. The summed E-state index contributed by atoms with van der Waals surface area (Å²) >= 11 is 0. The average molecular weight is 356 g/mol. The van der Waals surface area contributed by atoms with Crippen molar-refractivity contribution in [1.29, 1.82) is 0 Å². The van der Waals surface area contributed by atoms with Gasteiger partial charge in [-0.05, 0) is 38.8 Å². The zero-order valence-electron chi connectivity index (χ0n) is 15.2. The molecule has 0 bridgehead atoms. The Hall–Kier alpha value is -2.21. The third-order valence-electron chi connectivity index (χ3n) is 5.72. The lowest BCUT2D eigenvalue weighted by molar-refractivity contribution is 0.0665. The Labute approximate surface area is 153 Å². The van der Waals surface area contributed by atoms with Crippen molar-refractivity contribution in [1.82, 2.24) is 19.8 Å². The van der Waals surface area contributed by atoms with E-state index in [9.17, 15) is 9.18 Å². The Balaban J connectivity index is 1.42. The van der Waals surface area contributed by atoms with Crippen LogP contribution in [-0.2, 0) is 6.54 Å². The highest BCUT2D eigenvalue weighted by atomic mass is 19.1. The lowest BCUT2D eigenvalue weighted by atomic mass is 9.79. The molecule has 2 aliphatic rings. The molecule has 0 radical (unpaired) electrons. The zero-order valence-corrected chi connectivity index (χ0v) is 15.2. The molecule has 0 saturated carbocycles. The van der Waals surface area contributed by atoms with Gasteiger partial charge in [0.25, 0.3) is 5.91 Å². The minimum Gasteiger partial charge on any atom is -0.338 e. The normalized spacial score (nSPS) is 23.7. The smallest absolute Gasteiger partial charge is 0.289 e. The first-order valence-corrected chi connectivity index (χ1v) is 9.31. The number of likely N-dealkylation sites (tertiary alicyclic amines) is 2. The van der Waals surface area contributed by atoms with E-state index in [4.69, 9.17) is 0 Å².